The number of Topliss-reactive ketones (excluding diaryl/α,β-unsaturated/α-hetero) is 1. The standard InChI is InChI=1S/C20H21BrN2O3/c1-13-3-5-15(6-4-13)18(24)9-10-19(25)22-12-20(26)23-17-8-7-16(21)11-14(17)2/h3-8,11H,9-10,12H2,1-2H3,(H,22,25)(H,23,26). The molecular formula is C20H21BrN2O3. The second kappa shape index (κ2) is 9.29. The summed E-state index contributed by atoms with van der Waals surface area (Å²) in [6.45, 7) is 3.70. The molecule has 0 bridgehead atoms. The molecule has 0 atom stereocenters. The van der Waals surface area contributed by atoms with Crippen molar-refractivity contribution in [3.05, 3.63) is 63.6 Å². The smallest absolute Gasteiger partial charge is 0.243 e. The predicted molar refractivity (Wildman–Crippen MR) is 105 cm³/mol. The van der Waals surface area contributed by atoms with E-state index in [0.29, 0.717) is 11.3 Å². The lowest BCUT2D eigenvalue weighted by molar-refractivity contribution is -0.124. The lowest BCUT2D eigenvalue weighted by atomic mass is 10.1. The zero-order valence-electron chi connectivity index (χ0n) is 14.8. The Bertz CT molecular complexity index is 816. The normalized spacial score (nSPS) is 10.3. The third-order valence-electron chi connectivity index (χ3n) is 3.86. The van der Waals surface area contributed by atoms with E-state index < -0.39 is 0 Å². The maximum Gasteiger partial charge on any atom is 0.243 e. The molecule has 0 saturated heterocycles. The van der Waals surface area contributed by atoms with E-state index in [4.69, 9.17) is 0 Å². The highest BCUT2D eigenvalue weighted by Gasteiger charge is 2.11. The molecule has 0 unspecified atom stereocenters. The van der Waals surface area contributed by atoms with Gasteiger partial charge in [-0.25, -0.2) is 0 Å². The lowest BCUT2D eigenvalue weighted by Gasteiger charge is -2.09. The number of ketones is 1. The van der Waals surface area contributed by atoms with Gasteiger partial charge in [0.25, 0.3) is 0 Å². The van der Waals surface area contributed by atoms with Crippen molar-refractivity contribution in [3.8, 4) is 0 Å². The Hall–Kier alpha value is -2.47. The zero-order valence-corrected chi connectivity index (χ0v) is 16.4. The Morgan fingerprint density at radius 2 is 1.62 bits per heavy atom. The first-order chi connectivity index (χ1) is 12.3. The fourth-order valence-corrected chi connectivity index (χ4v) is 2.82. The van der Waals surface area contributed by atoms with Crippen LogP contribution < -0.4 is 10.6 Å². The maximum atomic E-state index is 12.0. The summed E-state index contributed by atoms with van der Waals surface area (Å²) in [5, 5.41) is 5.28. The number of hydrogen-bond acceptors (Lipinski definition) is 3. The number of halogens is 1. The molecule has 2 amide bonds. The number of carbonyl (C=O) groups is 3. The summed E-state index contributed by atoms with van der Waals surface area (Å²) >= 11 is 3.36. The van der Waals surface area contributed by atoms with Gasteiger partial charge in [0.1, 0.15) is 0 Å². The van der Waals surface area contributed by atoms with Crippen LogP contribution in [0, 0.1) is 13.8 Å². The third-order valence-corrected chi connectivity index (χ3v) is 4.35. The van der Waals surface area contributed by atoms with Crippen molar-refractivity contribution in [2.45, 2.75) is 26.7 Å². The van der Waals surface area contributed by atoms with Crippen molar-refractivity contribution in [2.75, 3.05) is 11.9 Å². The van der Waals surface area contributed by atoms with Gasteiger partial charge in [0.15, 0.2) is 5.78 Å². The van der Waals surface area contributed by atoms with E-state index in [-0.39, 0.29) is 37.0 Å². The molecule has 0 aliphatic carbocycles. The van der Waals surface area contributed by atoms with Crippen LogP contribution in [0.3, 0.4) is 0 Å². The number of amides is 2. The molecule has 0 heterocycles. The Labute approximate surface area is 161 Å². The maximum absolute atomic E-state index is 12.0. The predicted octanol–water partition coefficient (Wildman–Crippen LogP) is 3.78. The van der Waals surface area contributed by atoms with Gasteiger partial charge in [-0.2, -0.15) is 0 Å². The van der Waals surface area contributed by atoms with Crippen molar-refractivity contribution in [1.29, 1.82) is 0 Å². The number of nitrogens with one attached hydrogen (secondary N) is 2. The number of rotatable bonds is 7. The van der Waals surface area contributed by atoms with Crippen LogP contribution in [0.15, 0.2) is 46.9 Å². The van der Waals surface area contributed by atoms with E-state index in [2.05, 4.69) is 26.6 Å². The average Bonchev–Trinajstić information content (AvgIpc) is 2.61. The molecule has 5 nitrogen and oxygen atoms in total. The zero-order chi connectivity index (χ0) is 19.1. The summed E-state index contributed by atoms with van der Waals surface area (Å²) in [4.78, 5) is 35.8. The number of hydrogen-bond donors (Lipinski definition) is 2. The molecule has 0 aromatic heterocycles. The van der Waals surface area contributed by atoms with Crippen molar-refractivity contribution in [3.63, 3.8) is 0 Å². The van der Waals surface area contributed by atoms with Crippen molar-refractivity contribution in [1.82, 2.24) is 5.32 Å². The molecule has 6 heteroatoms. The number of benzene rings is 2. The summed E-state index contributed by atoms with van der Waals surface area (Å²) in [6, 6.07) is 12.7. The van der Waals surface area contributed by atoms with Crippen LogP contribution in [0.25, 0.3) is 0 Å². The van der Waals surface area contributed by atoms with Crippen LogP contribution in [0.2, 0.25) is 0 Å². The van der Waals surface area contributed by atoms with E-state index in [1.807, 2.05) is 38.1 Å². The van der Waals surface area contributed by atoms with Crippen LogP contribution >= 0.6 is 15.9 Å². The van der Waals surface area contributed by atoms with Gasteiger partial charge < -0.3 is 10.6 Å². The summed E-state index contributed by atoms with van der Waals surface area (Å²) < 4.78 is 0.930. The summed E-state index contributed by atoms with van der Waals surface area (Å²) in [7, 11) is 0. The molecule has 0 radical (unpaired) electrons. The molecular weight excluding hydrogens is 396 g/mol. The molecule has 0 spiro atoms. The van der Waals surface area contributed by atoms with Gasteiger partial charge >= 0.3 is 0 Å². The molecule has 0 aliphatic heterocycles. The molecule has 0 fully saturated rings. The fourth-order valence-electron chi connectivity index (χ4n) is 2.34. The van der Waals surface area contributed by atoms with Gasteiger partial charge in [-0.15, -0.1) is 0 Å². The van der Waals surface area contributed by atoms with Crippen LogP contribution in [-0.4, -0.2) is 24.1 Å². The topological polar surface area (TPSA) is 75.3 Å². The van der Waals surface area contributed by atoms with Gasteiger partial charge in [-0.05, 0) is 37.6 Å². The van der Waals surface area contributed by atoms with E-state index in [9.17, 15) is 14.4 Å². The van der Waals surface area contributed by atoms with Gasteiger partial charge in [-0.3, -0.25) is 14.4 Å². The number of aryl methyl sites for hydroxylation is 2. The van der Waals surface area contributed by atoms with Crippen LogP contribution in [0.4, 0.5) is 5.69 Å². The minimum absolute atomic E-state index is 0.0529. The Morgan fingerprint density at radius 1 is 0.923 bits per heavy atom. The highest BCUT2D eigenvalue weighted by atomic mass is 79.9. The second-order valence-corrected chi connectivity index (χ2v) is 6.99. The largest absolute Gasteiger partial charge is 0.347 e. The van der Waals surface area contributed by atoms with Gasteiger partial charge in [0.2, 0.25) is 11.8 Å². The quantitative estimate of drug-likeness (QED) is 0.674. The molecule has 2 aromatic rings. The van der Waals surface area contributed by atoms with Crippen molar-refractivity contribution >= 4 is 39.2 Å². The second-order valence-electron chi connectivity index (χ2n) is 6.07. The van der Waals surface area contributed by atoms with Crippen molar-refractivity contribution in [2.24, 2.45) is 0 Å². The van der Waals surface area contributed by atoms with E-state index in [1.165, 1.54) is 0 Å². The monoisotopic (exact) mass is 416 g/mol. The first-order valence-electron chi connectivity index (χ1n) is 8.27. The molecule has 2 N–H and O–H groups in total. The fraction of sp³-hybridized carbons (Fsp3) is 0.250. The van der Waals surface area contributed by atoms with E-state index in [1.54, 1.807) is 18.2 Å². The van der Waals surface area contributed by atoms with Crippen LogP contribution in [0.5, 0.6) is 0 Å². The van der Waals surface area contributed by atoms with Gasteiger partial charge in [0, 0.05) is 28.6 Å². The lowest BCUT2D eigenvalue weighted by Crippen LogP contribution is -2.33. The summed E-state index contributed by atoms with van der Waals surface area (Å²) in [6.07, 6.45) is 0.166. The first-order valence-corrected chi connectivity index (χ1v) is 9.07. The number of carbonyl (C=O) groups excluding carboxylic acids is 3. The highest BCUT2D eigenvalue weighted by Crippen LogP contribution is 2.19. The first kappa shape index (κ1) is 19.8. The SMILES string of the molecule is Cc1ccc(C(=O)CCC(=O)NCC(=O)Nc2ccc(Br)cc2C)cc1. The molecule has 26 heavy (non-hydrogen) atoms. The van der Waals surface area contributed by atoms with E-state index >= 15 is 0 Å². The molecule has 2 rings (SSSR count). The summed E-state index contributed by atoms with van der Waals surface area (Å²) in [5.41, 5.74) is 3.28. The summed E-state index contributed by atoms with van der Waals surface area (Å²) in [5.74, 6) is -0.725. The van der Waals surface area contributed by atoms with Crippen LogP contribution in [0.1, 0.15) is 34.3 Å². The molecule has 136 valence electrons. The van der Waals surface area contributed by atoms with Crippen LogP contribution in [-0.2, 0) is 9.59 Å². The Morgan fingerprint density at radius 3 is 2.27 bits per heavy atom. The molecule has 0 aliphatic rings. The van der Waals surface area contributed by atoms with Crippen molar-refractivity contribution < 1.29 is 14.4 Å². The molecule has 0 saturated carbocycles. The number of anilines is 1. The van der Waals surface area contributed by atoms with Gasteiger partial charge in [-0.1, -0.05) is 45.8 Å². The Kier molecular flexibility index (Phi) is 7.09. The minimum Gasteiger partial charge on any atom is -0.347 e. The third kappa shape index (κ3) is 6.11. The highest BCUT2D eigenvalue weighted by molar-refractivity contribution is 9.10. The van der Waals surface area contributed by atoms with Gasteiger partial charge in [0.05, 0.1) is 6.54 Å². The Balaban J connectivity index is 1.74. The average molecular weight is 417 g/mol. The minimum atomic E-state index is -0.326. The van der Waals surface area contributed by atoms with E-state index in [0.717, 1.165) is 15.6 Å². The molecule has 2 aromatic carbocycles.